The van der Waals surface area contributed by atoms with Crippen LogP contribution in [0.5, 0.6) is 0 Å². The van der Waals surface area contributed by atoms with Gasteiger partial charge < -0.3 is 5.32 Å². The molecule has 0 radical (unpaired) electrons. The number of rotatable bonds is 1. The normalized spacial score (nSPS) is 33.0. The lowest BCUT2D eigenvalue weighted by Crippen LogP contribution is -2.31. The quantitative estimate of drug-likeness (QED) is 0.566. The maximum atomic E-state index is 3.50. The molecule has 0 amide bonds. The minimum Gasteiger partial charge on any atom is -0.312 e. The SMILES string of the molecule is CCC1CNC(C)(C)C1. The van der Waals surface area contributed by atoms with E-state index in [1.165, 1.54) is 19.4 Å². The van der Waals surface area contributed by atoms with E-state index in [-0.39, 0.29) is 0 Å². The lowest BCUT2D eigenvalue weighted by Gasteiger charge is -2.16. The van der Waals surface area contributed by atoms with Gasteiger partial charge in [0, 0.05) is 5.54 Å². The van der Waals surface area contributed by atoms with Crippen molar-refractivity contribution in [3.05, 3.63) is 0 Å². The molecule has 0 aromatic heterocycles. The van der Waals surface area contributed by atoms with Crippen LogP contribution in [0.1, 0.15) is 33.6 Å². The number of nitrogens with one attached hydrogen (secondary N) is 1. The van der Waals surface area contributed by atoms with Crippen LogP contribution in [-0.2, 0) is 0 Å². The Bertz CT molecular complexity index is 96.7. The Kier molecular flexibility index (Phi) is 1.80. The van der Waals surface area contributed by atoms with Gasteiger partial charge in [0.15, 0.2) is 0 Å². The van der Waals surface area contributed by atoms with Crippen LogP contribution in [0.25, 0.3) is 0 Å². The van der Waals surface area contributed by atoms with Gasteiger partial charge in [-0.3, -0.25) is 0 Å². The van der Waals surface area contributed by atoms with E-state index >= 15 is 0 Å². The van der Waals surface area contributed by atoms with E-state index in [4.69, 9.17) is 0 Å². The molecule has 1 unspecified atom stereocenters. The number of hydrogen-bond acceptors (Lipinski definition) is 1. The van der Waals surface area contributed by atoms with Crippen molar-refractivity contribution in [2.45, 2.75) is 39.2 Å². The fraction of sp³-hybridized carbons (Fsp3) is 1.00. The summed E-state index contributed by atoms with van der Waals surface area (Å²) in [6, 6.07) is 0. The lowest BCUT2D eigenvalue weighted by molar-refractivity contribution is 0.438. The van der Waals surface area contributed by atoms with Crippen molar-refractivity contribution in [3.8, 4) is 0 Å². The van der Waals surface area contributed by atoms with Crippen molar-refractivity contribution in [1.82, 2.24) is 5.32 Å². The molecule has 54 valence electrons. The third-order valence-corrected chi connectivity index (χ3v) is 2.25. The lowest BCUT2D eigenvalue weighted by atomic mass is 9.95. The van der Waals surface area contributed by atoms with E-state index in [1.54, 1.807) is 0 Å². The van der Waals surface area contributed by atoms with E-state index in [0.29, 0.717) is 5.54 Å². The smallest absolute Gasteiger partial charge is 0.0128 e. The predicted molar refractivity (Wildman–Crippen MR) is 40.5 cm³/mol. The third-order valence-electron chi connectivity index (χ3n) is 2.25. The summed E-state index contributed by atoms with van der Waals surface area (Å²) in [5.41, 5.74) is 0.417. The molecular weight excluding hydrogens is 110 g/mol. The minimum atomic E-state index is 0.417. The molecule has 1 rings (SSSR count). The summed E-state index contributed by atoms with van der Waals surface area (Å²) in [7, 11) is 0. The average molecular weight is 127 g/mol. The first-order valence-electron chi connectivity index (χ1n) is 3.89. The Balaban J connectivity index is 2.38. The molecule has 1 aliphatic rings. The van der Waals surface area contributed by atoms with E-state index < -0.39 is 0 Å². The van der Waals surface area contributed by atoms with Gasteiger partial charge in [-0.1, -0.05) is 13.3 Å². The Labute approximate surface area is 57.8 Å². The zero-order valence-electron chi connectivity index (χ0n) is 6.70. The zero-order valence-corrected chi connectivity index (χ0v) is 6.70. The molecule has 9 heavy (non-hydrogen) atoms. The van der Waals surface area contributed by atoms with Gasteiger partial charge in [0.1, 0.15) is 0 Å². The predicted octanol–water partition coefficient (Wildman–Crippen LogP) is 1.78. The van der Waals surface area contributed by atoms with Crippen LogP contribution < -0.4 is 5.32 Å². The highest BCUT2D eigenvalue weighted by atomic mass is 15.0. The molecule has 1 heteroatoms. The van der Waals surface area contributed by atoms with Crippen molar-refractivity contribution in [2.24, 2.45) is 5.92 Å². The molecule has 0 aromatic rings. The van der Waals surface area contributed by atoms with Gasteiger partial charge in [-0.25, -0.2) is 0 Å². The average Bonchev–Trinajstić information content (AvgIpc) is 2.10. The van der Waals surface area contributed by atoms with Gasteiger partial charge in [-0.15, -0.1) is 0 Å². The van der Waals surface area contributed by atoms with Crippen LogP contribution in [0.3, 0.4) is 0 Å². The first-order chi connectivity index (χ1) is 4.14. The van der Waals surface area contributed by atoms with Crippen LogP contribution in [-0.4, -0.2) is 12.1 Å². The summed E-state index contributed by atoms with van der Waals surface area (Å²) >= 11 is 0. The molecule has 0 spiro atoms. The molecule has 1 heterocycles. The zero-order chi connectivity index (χ0) is 6.91. The van der Waals surface area contributed by atoms with Gasteiger partial charge in [-0.2, -0.15) is 0 Å². The Morgan fingerprint density at radius 2 is 2.22 bits per heavy atom. The second kappa shape index (κ2) is 2.30. The van der Waals surface area contributed by atoms with Crippen LogP contribution in [0.15, 0.2) is 0 Å². The molecule has 0 saturated carbocycles. The third kappa shape index (κ3) is 1.68. The molecule has 0 aromatic carbocycles. The van der Waals surface area contributed by atoms with E-state index in [9.17, 15) is 0 Å². The van der Waals surface area contributed by atoms with E-state index in [0.717, 1.165) is 5.92 Å². The summed E-state index contributed by atoms with van der Waals surface area (Å²) in [4.78, 5) is 0. The molecule has 0 aliphatic carbocycles. The number of hydrogen-bond donors (Lipinski definition) is 1. The summed E-state index contributed by atoms with van der Waals surface area (Å²) in [5, 5.41) is 3.50. The maximum absolute atomic E-state index is 3.50. The largest absolute Gasteiger partial charge is 0.312 e. The highest BCUT2D eigenvalue weighted by Gasteiger charge is 2.28. The standard InChI is InChI=1S/C8H17N/c1-4-7-5-8(2,3)9-6-7/h7,9H,4-6H2,1-3H3. The topological polar surface area (TPSA) is 12.0 Å². The van der Waals surface area contributed by atoms with Gasteiger partial charge in [-0.05, 0) is 32.7 Å². The van der Waals surface area contributed by atoms with Gasteiger partial charge in [0.25, 0.3) is 0 Å². The van der Waals surface area contributed by atoms with Crippen molar-refractivity contribution in [2.75, 3.05) is 6.54 Å². The molecule has 0 bridgehead atoms. The van der Waals surface area contributed by atoms with Crippen LogP contribution in [0.4, 0.5) is 0 Å². The van der Waals surface area contributed by atoms with E-state index in [2.05, 4.69) is 26.1 Å². The summed E-state index contributed by atoms with van der Waals surface area (Å²) in [6.45, 7) is 8.06. The van der Waals surface area contributed by atoms with Gasteiger partial charge >= 0.3 is 0 Å². The minimum absolute atomic E-state index is 0.417. The first-order valence-corrected chi connectivity index (χ1v) is 3.89. The Hall–Kier alpha value is -0.0400. The molecule has 1 fully saturated rings. The molecule has 1 saturated heterocycles. The van der Waals surface area contributed by atoms with Crippen molar-refractivity contribution in [1.29, 1.82) is 0 Å². The molecular formula is C8H17N. The van der Waals surface area contributed by atoms with Crippen molar-refractivity contribution >= 4 is 0 Å². The second-order valence-corrected chi connectivity index (χ2v) is 3.74. The fourth-order valence-electron chi connectivity index (χ4n) is 1.58. The van der Waals surface area contributed by atoms with Crippen molar-refractivity contribution < 1.29 is 0 Å². The van der Waals surface area contributed by atoms with Crippen LogP contribution in [0.2, 0.25) is 0 Å². The summed E-state index contributed by atoms with van der Waals surface area (Å²) in [6.07, 6.45) is 2.68. The maximum Gasteiger partial charge on any atom is 0.0128 e. The van der Waals surface area contributed by atoms with Crippen LogP contribution >= 0.6 is 0 Å². The van der Waals surface area contributed by atoms with Crippen LogP contribution in [0, 0.1) is 5.92 Å². The first kappa shape index (κ1) is 7.07. The monoisotopic (exact) mass is 127 g/mol. The highest BCUT2D eigenvalue weighted by Crippen LogP contribution is 2.24. The second-order valence-electron chi connectivity index (χ2n) is 3.74. The Morgan fingerprint density at radius 3 is 2.44 bits per heavy atom. The summed E-state index contributed by atoms with van der Waals surface area (Å²) in [5.74, 6) is 0.931. The molecule has 1 nitrogen and oxygen atoms in total. The fourth-order valence-corrected chi connectivity index (χ4v) is 1.58. The van der Waals surface area contributed by atoms with E-state index in [1.807, 2.05) is 0 Å². The Morgan fingerprint density at radius 1 is 1.56 bits per heavy atom. The molecule has 1 N–H and O–H groups in total. The highest BCUT2D eigenvalue weighted by molar-refractivity contribution is 4.88. The van der Waals surface area contributed by atoms with Gasteiger partial charge in [0.05, 0.1) is 0 Å². The molecule has 1 aliphatic heterocycles. The van der Waals surface area contributed by atoms with Gasteiger partial charge in [0.2, 0.25) is 0 Å². The summed E-state index contributed by atoms with van der Waals surface area (Å²) < 4.78 is 0. The molecule has 1 atom stereocenters. The van der Waals surface area contributed by atoms with Crippen molar-refractivity contribution in [3.63, 3.8) is 0 Å².